The first kappa shape index (κ1) is 15.1. The molecule has 0 aromatic heterocycles. The Morgan fingerprint density at radius 1 is 1.20 bits per heavy atom. The summed E-state index contributed by atoms with van der Waals surface area (Å²) >= 11 is 0. The van der Waals surface area contributed by atoms with Crippen LogP contribution >= 0.6 is 0 Å². The lowest BCUT2D eigenvalue weighted by Crippen LogP contribution is -2.57. The molecule has 0 radical (unpaired) electrons. The summed E-state index contributed by atoms with van der Waals surface area (Å²) in [6.45, 7) is 6.06. The van der Waals surface area contributed by atoms with Gasteiger partial charge in [0.1, 0.15) is 0 Å². The normalized spacial score (nSPS) is 25.2. The van der Waals surface area contributed by atoms with Crippen LogP contribution < -0.4 is 0 Å². The number of amides is 2. The van der Waals surface area contributed by atoms with E-state index in [0.29, 0.717) is 13.1 Å². The molecule has 2 rings (SSSR count). The van der Waals surface area contributed by atoms with Crippen LogP contribution in [0.5, 0.6) is 0 Å². The molecule has 2 amide bonds. The first-order valence-corrected chi connectivity index (χ1v) is 7.47. The van der Waals surface area contributed by atoms with E-state index in [4.69, 9.17) is 5.11 Å². The zero-order valence-corrected chi connectivity index (χ0v) is 12.4. The van der Waals surface area contributed by atoms with Crippen LogP contribution in [0, 0.1) is 5.92 Å². The Morgan fingerprint density at radius 3 is 2.50 bits per heavy atom. The van der Waals surface area contributed by atoms with Crippen LogP contribution in [0.15, 0.2) is 0 Å². The average molecular weight is 283 g/mol. The number of likely N-dealkylation sites (tertiary alicyclic amines) is 1. The third-order valence-corrected chi connectivity index (χ3v) is 4.31. The number of carbonyl (C=O) groups excluding carboxylic acids is 1. The van der Waals surface area contributed by atoms with E-state index in [1.54, 1.807) is 4.90 Å². The van der Waals surface area contributed by atoms with Gasteiger partial charge < -0.3 is 19.8 Å². The monoisotopic (exact) mass is 283 g/mol. The quantitative estimate of drug-likeness (QED) is 0.837. The third kappa shape index (κ3) is 3.42. The summed E-state index contributed by atoms with van der Waals surface area (Å²) in [5.41, 5.74) is 0. The highest BCUT2D eigenvalue weighted by molar-refractivity contribution is 5.76. The zero-order valence-electron chi connectivity index (χ0n) is 12.4. The number of carboxylic acids is 1. The fourth-order valence-corrected chi connectivity index (χ4v) is 3.13. The largest absolute Gasteiger partial charge is 0.481 e. The Bertz CT molecular complexity index is 369. The van der Waals surface area contributed by atoms with Gasteiger partial charge in [0.25, 0.3) is 0 Å². The molecule has 2 aliphatic heterocycles. The van der Waals surface area contributed by atoms with Crippen LogP contribution in [0.1, 0.15) is 26.2 Å². The van der Waals surface area contributed by atoms with Crippen LogP contribution in [0.25, 0.3) is 0 Å². The van der Waals surface area contributed by atoms with Gasteiger partial charge in [0.05, 0.1) is 6.42 Å². The van der Waals surface area contributed by atoms with E-state index >= 15 is 0 Å². The number of likely N-dealkylation sites (N-methyl/N-ethyl adjacent to an activating group) is 1. The fourth-order valence-electron chi connectivity index (χ4n) is 3.13. The maximum atomic E-state index is 12.5. The van der Waals surface area contributed by atoms with Crippen molar-refractivity contribution in [2.24, 2.45) is 5.92 Å². The van der Waals surface area contributed by atoms with Crippen molar-refractivity contribution in [1.82, 2.24) is 14.7 Å². The maximum absolute atomic E-state index is 12.5. The molecule has 114 valence electrons. The molecule has 0 bridgehead atoms. The molecule has 6 heteroatoms. The second kappa shape index (κ2) is 6.43. The number of aliphatic carboxylic acids is 1. The van der Waals surface area contributed by atoms with E-state index < -0.39 is 5.97 Å². The van der Waals surface area contributed by atoms with E-state index in [-0.39, 0.29) is 24.4 Å². The van der Waals surface area contributed by atoms with Gasteiger partial charge in [0, 0.05) is 38.1 Å². The summed E-state index contributed by atoms with van der Waals surface area (Å²) in [5.74, 6) is -0.642. The Balaban J connectivity index is 1.89. The van der Waals surface area contributed by atoms with Crippen LogP contribution in [0.3, 0.4) is 0 Å². The van der Waals surface area contributed by atoms with Crippen molar-refractivity contribution in [3.63, 3.8) is 0 Å². The van der Waals surface area contributed by atoms with Crippen LogP contribution in [-0.4, -0.2) is 77.6 Å². The predicted octanol–water partition coefficient (Wildman–Crippen LogP) is 0.929. The van der Waals surface area contributed by atoms with E-state index in [0.717, 1.165) is 32.5 Å². The number of carboxylic acid groups (broad SMARTS) is 1. The Kier molecular flexibility index (Phi) is 4.86. The van der Waals surface area contributed by atoms with Crippen LogP contribution in [-0.2, 0) is 4.79 Å². The molecule has 2 aliphatic rings. The number of hydrogen-bond donors (Lipinski definition) is 1. The van der Waals surface area contributed by atoms with Gasteiger partial charge in [-0.1, -0.05) is 6.92 Å². The summed E-state index contributed by atoms with van der Waals surface area (Å²) < 4.78 is 0. The van der Waals surface area contributed by atoms with Crippen LogP contribution in [0.4, 0.5) is 4.79 Å². The minimum atomic E-state index is -0.773. The molecule has 1 unspecified atom stereocenters. The molecule has 2 heterocycles. The van der Waals surface area contributed by atoms with Gasteiger partial charge in [-0.15, -0.1) is 0 Å². The van der Waals surface area contributed by atoms with E-state index in [2.05, 4.69) is 18.9 Å². The van der Waals surface area contributed by atoms with Crippen molar-refractivity contribution >= 4 is 12.0 Å². The summed E-state index contributed by atoms with van der Waals surface area (Å²) in [7, 11) is 2.10. The fraction of sp³-hybridized carbons (Fsp3) is 0.857. The number of rotatable bonds is 3. The molecule has 0 spiro atoms. The summed E-state index contributed by atoms with van der Waals surface area (Å²) in [4.78, 5) is 29.2. The standard InChI is InChI=1S/C14H25N3O3/c1-3-12-10-15(2)5-4-6-17(12)14(20)16-8-11(9-16)7-13(18)19/h11-12H,3-10H2,1-2H3,(H,18,19). The second-order valence-electron chi connectivity index (χ2n) is 6.02. The van der Waals surface area contributed by atoms with Crippen molar-refractivity contribution in [3.8, 4) is 0 Å². The molecule has 2 fully saturated rings. The molecule has 0 aromatic rings. The van der Waals surface area contributed by atoms with Crippen molar-refractivity contribution in [1.29, 1.82) is 0 Å². The first-order chi connectivity index (χ1) is 9.51. The number of nitrogens with zero attached hydrogens (tertiary/aromatic N) is 3. The molecular weight excluding hydrogens is 258 g/mol. The highest BCUT2D eigenvalue weighted by Gasteiger charge is 2.36. The number of hydrogen-bond acceptors (Lipinski definition) is 3. The molecule has 0 aliphatic carbocycles. The topological polar surface area (TPSA) is 64.1 Å². The summed E-state index contributed by atoms with van der Waals surface area (Å²) in [6, 6.07) is 0.363. The van der Waals surface area contributed by atoms with Gasteiger partial charge in [-0.2, -0.15) is 0 Å². The number of carbonyl (C=O) groups is 2. The SMILES string of the molecule is CCC1CN(C)CCCN1C(=O)N1CC(CC(=O)O)C1. The average Bonchev–Trinajstić information content (AvgIpc) is 2.53. The molecule has 2 saturated heterocycles. The van der Waals surface area contributed by atoms with Gasteiger partial charge in [-0.25, -0.2) is 4.79 Å². The smallest absolute Gasteiger partial charge is 0.320 e. The maximum Gasteiger partial charge on any atom is 0.320 e. The zero-order chi connectivity index (χ0) is 14.7. The predicted molar refractivity (Wildman–Crippen MR) is 75.6 cm³/mol. The van der Waals surface area contributed by atoms with Gasteiger partial charge >= 0.3 is 12.0 Å². The van der Waals surface area contributed by atoms with Gasteiger partial charge in [0.15, 0.2) is 0 Å². The van der Waals surface area contributed by atoms with E-state index in [1.807, 2.05) is 4.90 Å². The molecular formula is C14H25N3O3. The minimum absolute atomic E-state index is 0.0915. The molecule has 1 atom stereocenters. The van der Waals surface area contributed by atoms with E-state index in [9.17, 15) is 9.59 Å². The lowest BCUT2D eigenvalue weighted by atomic mass is 9.97. The van der Waals surface area contributed by atoms with Crippen molar-refractivity contribution in [3.05, 3.63) is 0 Å². The second-order valence-corrected chi connectivity index (χ2v) is 6.02. The van der Waals surface area contributed by atoms with Crippen molar-refractivity contribution in [2.45, 2.75) is 32.2 Å². The van der Waals surface area contributed by atoms with Crippen molar-refractivity contribution in [2.75, 3.05) is 39.8 Å². The lowest BCUT2D eigenvalue weighted by Gasteiger charge is -2.43. The van der Waals surface area contributed by atoms with E-state index in [1.165, 1.54) is 0 Å². The Labute approximate surface area is 120 Å². The molecule has 6 nitrogen and oxygen atoms in total. The Hall–Kier alpha value is -1.30. The first-order valence-electron chi connectivity index (χ1n) is 7.47. The highest BCUT2D eigenvalue weighted by atomic mass is 16.4. The van der Waals surface area contributed by atoms with Crippen molar-refractivity contribution < 1.29 is 14.7 Å². The van der Waals surface area contributed by atoms with Gasteiger partial charge in [-0.3, -0.25) is 4.79 Å². The van der Waals surface area contributed by atoms with Gasteiger partial charge in [-0.05, 0) is 26.4 Å². The molecule has 20 heavy (non-hydrogen) atoms. The Morgan fingerprint density at radius 2 is 1.90 bits per heavy atom. The molecule has 1 N–H and O–H groups in total. The number of urea groups is 1. The molecule has 0 aromatic carbocycles. The minimum Gasteiger partial charge on any atom is -0.481 e. The third-order valence-electron chi connectivity index (χ3n) is 4.31. The van der Waals surface area contributed by atoms with Gasteiger partial charge in [0.2, 0.25) is 0 Å². The summed E-state index contributed by atoms with van der Waals surface area (Å²) in [5, 5.41) is 8.75. The lowest BCUT2D eigenvalue weighted by molar-refractivity contribution is -0.139. The summed E-state index contributed by atoms with van der Waals surface area (Å²) in [6.07, 6.45) is 2.14. The molecule has 0 saturated carbocycles. The van der Waals surface area contributed by atoms with Crippen LogP contribution in [0.2, 0.25) is 0 Å². The highest BCUT2D eigenvalue weighted by Crippen LogP contribution is 2.23.